The van der Waals surface area contributed by atoms with E-state index in [1.54, 1.807) is 18.4 Å². The van der Waals surface area contributed by atoms with Crippen molar-refractivity contribution in [2.24, 2.45) is 5.92 Å². The quantitative estimate of drug-likeness (QED) is 0.433. The van der Waals surface area contributed by atoms with E-state index in [4.69, 9.17) is 16.0 Å². The maximum atomic E-state index is 13.2. The molecule has 7 heteroatoms. The third-order valence-electron chi connectivity index (χ3n) is 7.33. The van der Waals surface area contributed by atoms with Crippen molar-refractivity contribution in [2.45, 2.75) is 59.2 Å². The Balaban J connectivity index is 1.48. The van der Waals surface area contributed by atoms with E-state index in [1.807, 2.05) is 30.1 Å². The van der Waals surface area contributed by atoms with E-state index in [-0.39, 0.29) is 11.9 Å². The molecule has 2 aromatic heterocycles. The summed E-state index contributed by atoms with van der Waals surface area (Å²) in [6, 6.07) is 11.5. The van der Waals surface area contributed by atoms with Crippen molar-refractivity contribution in [1.29, 1.82) is 0 Å². The van der Waals surface area contributed by atoms with Gasteiger partial charge in [-0.25, -0.2) is 0 Å². The van der Waals surface area contributed by atoms with Crippen molar-refractivity contribution in [3.63, 3.8) is 0 Å². The third kappa shape index (κ3) is 5.23. The van der Waals surface area contributed by atoms with Crippen LogP contribution < -0.4 is 0 Å². The van der Waals surface area contributed by atoms with Crippen LogP contribution in [0, 0.1) is 19.8 Å². The third-order valence-corrected chi connectivity index (χ3v) is 7.69. The molecule has 1 aliphatic heterocycles. The molecular weight excluding hydrogens is 448 g/mol. The first kappa shape index (κ1) is 24.6. The molecule has 3 heterocycles. The number of aromatic nitrogens is 2. The van der Waals surface area contributed by atoms with Crippen LogP contribution in [0.25, 0.3) is 0 Å². The van der Waals surface area contributed by atoms with E-state index in [1.165, 1.54) is 11.3 Å². The summed E-state index contributed by atoms with van der Waals surface area (Å²) in [5, 5.41) is 5.44. The Labute approximate surface area is 207 Å². The number of carbonyl (C=O) groups excluding carboxylic acids is 1. The summed E-state index contributed by atoms with van der Waals surface area (Å²) in [4.78, 5) is 17.5. The number of nitrogens with zero attached hydrogens (tertiary/aromatic N) is 4. The number of likely N-dealkylation sites (N-methyl/N-ethyl adjacent to an activating group) is 1. The van der Waals surface area contributed by atoms with Crippen LogP contribution in [0.15, 0.2) is 47.1 Å². The second kappa shape index (κ2) is 10.8. The fraction of sp³-hybridized carbons (Fsp3) is 0.481. The Kier molecular flexibility index (Phi) is 7.79. The zero-order valence-electron chi connectivity index (χ0n) is 20.6. The molecule has 1 unspecified atom stereocenters. The lowest BCUT2D eigenvalue weighted by molar-refractivity contribution is 0.0556. The molecule has 1 aromatic carbocycles. The monoisotopic (exact) mass is 482 g/mol. The highest BCUT2D eigenvalue weighted by Gasteiger charge is 2.33. The van der Waals surface area contributed by atoms with Gasteiger partial charge in [-0.15, -0.1) is 0 Å². The summed E-state index contributed by atoms with van der Waals surface area (Å²) in [5.74, 6) is 0.683. The lowest BCUT2D eigenvalue weighted by atomic mass is 9.84. The van der Waals surface area contributed by atoms with Gasteiger partial charge in [0.25, 0.3) is 5.91 Å². The Bertz CT molecular complexity index is 1100. The second-order valence-electron chi connectivity index (χ2n) is 9.33. The summed E-state index contributed by atoms with van der Waals surface area (Å²) in [6.07, 6.45) is 4.35. The van der Waals surface area contributed by atoms with Crippen molar-refractivity contribution in [3.8, 4) is 0 Å². The largest absolute Gasteiger partial charge is 0.459 e. The lowest BCUT2D eigenvalue weighted by Crippen LogP contribution is -2.47. The number of hydrogen-bond acceptors (Lipinski definition) is 4. The minimum absolute atomic E-state index is 0.0472. The number of rotatable bonds is 8. The van der Waals surface area contributed by atoms with Gasteiger partial charge >= 0.3 is 0 Å². The van der Waals surface area contributed by atoms with Gasteiger partial charge in [0.05, 0.1) is 12.0 Å². The highest BCUT2D eigenvalue weighted by atomic mass is 35.5. The van der Waals surface area contributed by atoms with Crippen molar-refractivity contribution < 1.29 is 9.21 Å². The number of benzene rings is 1. The maximum Gasteiger partial charge on any atom is 0.289 e. The molecule has 182 valence electrons. The molecule has 1 amide bonds. The van der Waals surface area contributed by atoms with Gasteiger partial charge in [-0.3, -0.25) is 14.4 Å². The van der Waals surface area contributed by atoms with E-state index >= 15 is 0 Å². The first-order valence-electron chi connectivity index (χ1n) is 12.2. The fourth-order valence-corrected chi connectivity index (χ4v) is 5.44. The van der Waals surface area contributed by atoms with Crippen molar-refractivity contribution in [3.05, 3.63) is 76.0 Å². The van der Waals surface area contributed by atoms with Crippen LogP contribution in [-0.4, -0.2) is 51.7 Å². The van der Waals surface area contributed by atoms with Crippen LogP contribution >= 0.6 is 11.6 Å². The smallest absolute Gasteiger partial charge is 0.289 e. The standard InChI is InChI=1S/C27H35ClN4O2/c1-5-32-20(3)23(19(2)29-32)18-31-14-12-21(13-15-31)25(17-22-9-6-7-10-24(22)28)30(4)27(33)26-11-8-16-34-26/h6-11,16,21,25H,5,12-15,17-18H2,1-4H3. The number of hydrogen-bond donors (Lipinski definition) is 0. The lowest BCUT2D eigenvalue weighted by Gasteiger charge is -2.40. The molecule has 0 radical (unpaired) electrons. The van der Waals surface area contributed by atoms with E-state index in [0.717, 1.165) is 61.7 Å². The van der Waals surface area contributed by atoms with Crippen LogP contribution in [0.3, 0.4) is 0 Å². The summed E-state index contributed by atoms with van der Waals surface area (Å²) in [5.41, 5.74) is 4.82. The number of carbonyl (C=O) groups is 1. The number of amides is 1. The summed E-state index contributed by atoms with van der Waals surface area (Å²) < 4.78 is 7.50. The predicted octanol–water partition coefficient (Wildman–Crippen LogP) is 5.36. The topological polar surface area (TPSA) is 54.5 Å². The number of likely N-dealkylation sites (tertiary alicyclic amines) is 1. The highest BCUT2D eigenvalue weighted by Crippen LogP contribution is 2.30. The molecule has 1 aliphatic rings. The fourth-order valence-electron chi connectivity index (χ4n) is 5.22. The molecule has 0 saturated carbocycles. The van der Waals surface area contributed by atoms with Gasteiger partial charge in [0, 0.05) is 42.5 Å². The van der Waals surface area contributed by atoms with Gasteiger partial charge in [0.15, 0.2) is 5.76 Å². The number of halogens is 1. The SMILES string of the molecule is CCn1nc(C)c(CN2CCC(C(Cc3ccccc3Cl)N(C)C(=O)c3ccco3)CC2)c1C. The van der Waals surface area contributed by atoms with Gasteiger partial charge in [-0.2, -0.15) is 5.10 Å². The number of piperidine rings is 1. The Morgan fingerprint density at radius 1 is 1.21 bits per heavy atom. The normalized spacial score (nSPS) is 16.0. The van der Waals surface area contributed by atoms with Gasteiger partial charge in [0.1, 0.15) is 0 Å². The van der Waals surface area contributed by atoms with Gasteiger partial charge in [-0.05, 0) is 82.8 Å². The Morgan fingerprint density at radius 3 is 2.56 bits per heavy atom. The summed E-state index contributed by atoms with van der Waals surface area (Å²) in [7, 11) is 1.89. The van der Waals surface area contributed by atoms with Gasteiger partial charge in [0.2, 0.25) is 0 Å². The van der Waals surface area contributed by atoms with Gasteiger partial charge in [-0.1, -0.05) is 29.8 Å². The minimum atomic E-state index is -0.0808. The van der Waals surface area contributed by atoms with E-state index < -0.39 is 0 Å². The molecule has 0 bridgehead atoms. The van der Waals surface area contributed by atoms with E-state index in [9.17, 15) is 4.79 Å². The van der Waals surface area contributed by atoms with Crippen molar-refractivity contribution in [2.75, 3.05) is 20.1 Å². The molecule has 0 aliphatic carbocycles. The second-order valence-corrected chi connectivity index (χ2v) is 9.74. The van der Waals surface area contributed by atoms with Crippen LogP contribution in [0.2, 0.25) is 5.02 Å². The van der Waals surface area contributed by atoms with Crippen molar-refractivity contribution in [1.82, 2.24) is 19.6 Å². The zero-order valence-corrected chi connectivity index (χ0v) is 21.4. The highest BCUT2D eigenvalue weighted by molar-refractivity contribution is 6.31. The molecule has 0 N–H and O–H groups in total. The predicted molar refractivity (Wildman–Crippen MR) is 135 cm³/mol. The first-order chi connectivity index (χ1) is 16.4. The number of furan rings is 1. The van der Waals surface area contributed by atoms with Crippen LogP contribution in [0.1, 0.15) is 52.8 Å². The summed E-state index contributed by atoms with van der Waals surface area (Å²) >= 11 is 6.51. The zero-order chi connectivity index (χ0) is 24.2. The molecule has 1 atom stereocenters. The molecule has 6 nitrogen and oxygen atoms in total. The molecule has 3 aromatic rings. The van der Waals surface area contributed by atoms with E-state index in [2.05, 4.69) is 41.5 Å². The van der Waals surface area contributed by atoms with E-state index in [0.29, 0.717) is 11.7 Å². The first-order valence-corrected chi connectivity index (χ1v) is 12.6. The molecule has 0 spiro atoms. The molecule has 1 fully saturated rings. The number of aryl methyl sites for hydroxylation is 2. The molecular formula is C27H35ClN4O2. The average molecular weight is 483 g/mol. The molecule has 34 heavy (non-hydrogen) atoms. The van der Waals surface area contributed by atoms with Crippen molar-refractivity contribution >= 4 is 17.5 Å². The summed E-state index contributed by atoms with van der Waals surface area (Å²) in [6.45, 7) is 10.2. The average Bonchev–Trinajstić information content (AvgIpc) is 3.48. The van der Waals surface area contributed by atoms with Crippen LogP contribution in [0.5, 0.6) is 0 Å². The van der Waals surface area contributed by atoms with Crippen LogP contribution in [-0.2, 0) is 19.5 Å². The minimum Gasteiger partial charge on any atom is -0.459 e. The van der Waals surface area contributed by atoms with Crippen LogP contribution in [0.4, 0.5) is 0 Å². The Morgan fingerprint density at radius 2 is 1.94 bits per heavy atom. The maximum absolute atomic E-state index is 13.2. The molecule has 1 saturated heterocycles. The van der Waals surface area contributed by atoms with Gasteiger partial charge < -0.3 is 9.32 Å². The molecule has 4 rings (SSSR count). The Hall–Kier alpha value is -2.57.